The van der Waals surface area contributed by atoms with Crippen LogP contribution in [0.25, 0.3) is 0 Å². The van der Waals surface area contributed by atoms with Gasteiger partial charge >= 0.3 is 0 Å². The van der Waals surface area contributed by atoms with Gasteiger partial charge in [-0.05, 0) is 24.7 Å². The van der Waals surface area contributed by atoms with Gasteiger partial charge in [-0.25, -0.2) is 4.39 Å². The average molecular weight is 174 g/mol. The fraction of sp³-hybridized carbons (Fsp3) is 1.00. The fourth-order valence-corrected chi connectivity index (χ4v) is 1.30. The minimum absolute atomic E-state index is 0.545. The van der Waals surface area contributed by atoms with E-state index in [1.165, 1.54) is 0 Å². The molecule has 0 bridgehead atoms. The molecule has 0 aliphatic heterocycles. The standard InChI is InChI=1S/C11H23F/c1-5-9(3)7-11(12)8-10(4)6-2/h9-11H,5-8H2,1-4H3. The third-order valence-electron chi connectivity index (χ3n) is 2.71. The van der Waals surface area contributed by atoms with Crippen molar-refractivity contribution in [1.29, 1.82) is 0 Å². The average Bonchev–Trinajstić information content (AvgIpc) is 2.03. The molecule has 12 heavy (non-hydrogen) atoms. The molecule has 0 aliphatic carbocycles. The van der Waals surface area contributed by atoms with Crippen LogP contribution in [0.1, 0.15) is 53.4 Å². The predicted molar refractivity (Wildman–Crippen MR) is 53.0 cm³/mol. The van der Waals surface area contributed by atoms with Gasteiger partial charge in [0.15, 0.2) is 0 Å². The van der Waals surface area contributed by atoms with Crippen LogP contribution in [0.3, 0.4) is 0 Å². The van der Waals surface area contributed by atoms with Crippen molar-refractivity contribution in [2.75, 3.05) is 0 Å². The normalized spacial score (nSPS) is 18.8. The molecular weight excluding hydrogens is 151 g/mol. The van der Waals surface area contributed by atoms with Gasteiger partial charge in [0.2, 0.25) is 0 Å². The van der Waals surface area contributed by atoms with Gasteiger partial charge in [-0.3, -0.25) is 0 Å². The minimum atomic E-state index is -0.574. The lowest BCUT2D eigenvalue weighted by Crippen LogP contribution is -2.10. The smallest absolute Gasteiger partial charge is 0.101 e. The third kappa shape index (κ3) is 5.56. The molecule has 0 aromatic rings. The minimum Gasteiger partial charge on any atom is -0.247 e. The molecule has 2 atom stereocenters. The van der Waals surface area contributed by atoms with Gasteiger partial charge in [0, 0.05) is 0 Å². The Bertz CT molecular complexity index is 89.2. The molecular formula is C11H23F. The molecule has 74 valence electrons. The SMILES string of the molecule is CCC(C)CC(F)CC(C)CC. The highest BCUT2D eigenvalue weighted by atomic mass is 19.1. The van der Waals surface area contributed by atoms with Gasteiger partial charge in [0.25, 0.3) is 0 Å². The van der Waals surface area contributed by atoms with Crippen molar-refractivity contribution in [1.82, 2.24) is 0 Å². The van der Waals surface area contributed by atoms with Crippen molar-refractivity contribution >= 4 is 0 Å². The zero-order valence-electron chi connectivity index (χ0n) is 8.94. The molecule has 0 spiro atoms. The van der Waals surface area contributed by atoms with E-state index in [1.807, 2.05) is 0 Å². The number of halogens is 1. The van der Waals surface area contributed by atoms with Crippen LogP contribution in [-0.2, 0) is 0 Å². The van der Waals surface area contributed by atoms with E-state index in [-0.39, 0.29) is 0 Å². The van der Waals surface area contributed by atoms with Crippen molar-refractivity contribution in [3.05, 3.63) is 0 Å². The van der Waals surface area contributed by atoms with Crippen LogP contribution in [0, 0.1) is 11.8 Å². The molecule has 0 aliphatic rings. The fourth-order valence-electron chi connectivity index (χ4n) is 1.30. The first-order valence-corrected chi connectivity index (χ1v) is 5.24. The topological polar surface area (TPSA) is 0 Å². The van der Waals surface area contributed by atoms with Crippen molar-refractivity contribution < 1.29 is 4.39 Å². The quantitative estimate of drug-likeness (QED) is 0.566. The zero-order chi connectivity index (χ0) is 9.56. The van der Waals surface area contributed by atoms with Gasteiger partial charge in [-0.15, -0.1) is 0 Å². The van der Waals surface area contributed by atoms with Gasteiger partial charge in [0.05, 0.1) is 0 Å². The Hall–Kier alpha value is -0.0700. The van der Waals surface area contributed by atoms with Crippen LogP contribution in [0.4, 0.5) is 4.39 Å². The summed E-state index contributed by atoms with van der Waals surface area (Å²) in [4.78, 5) is 0. The van der Waals surface area contributed by atoms with Crippen LogP contribution in [0.5, 0.6) is 0 Å². The molecule has 0 fully saturated rings. The van der Waals surface area contributed by atoms with Crippen molar-refractivity contribution in [2.45, 2.75) is 59.5 Å². The summed E-state index contributed by atoms with van der Waals surface area (Å²) in [5.74, 6) is 1.09. The highest BCUT2D eigenvalue weighted by Gasteiger charge is 2.13. The highest BCUT2D eigenvalue weighted by molar-refractivity contribution is 4.64. The molecule has 0 radical (unpaired) electrons. The van der Waals surface area contributed by atoms with Crippen molar-refractivity contribution in [3.63, 3.8) is 0 Å². The second-order valence-corrected chi connectivity index (χ2v) is 4.10. The molecule has 0 saturated heterocycles. The van der Waals surface area contributed by atoms with E-state index >= 15 is 0 Å². The third-order valence-corrected chi connectivity index (χ3v) is 2.71. The molecule has 0 saturated carbocycles. The summed E-state index contributed by atoms with van der Waals surface area (Å²) in [5, 5.41) is 0. The monoisotopic (exact) mass is 174 g/mol. The van der Waals surface area contributed by atoms with E-state index in [0.717, 1.165) is 25.7 Å². The van der Waals surface area contributed by atoms with E-state index in [2.05, 4.69) is 27.7 Å². The summed E-state index contributed by atoms with van der Waals surface area (Å²) < 4.78 is 13.3. The number of hydrogen-bond acceptors (Lipinski definition) is 0. The Morgan fingerprint density at radius 1 is 0.917 bits per heavy atom. The van der Waals surface area contributed by atoms with Crippen LogP contribution >= 0.6 is 0 Å². The summed E-state index contributed by atoms with van der Waals surface area (Å²) in [6.07, 6.45) is 3.12. The van der Waals surface area contributed by atoms with Crippen LogP contribution in [0.2, 0.25) is 0 Å². The van der Waals surface area contributed by atoms with Crippen LogP contribution < -0.4 is 0 Å². The lowest BCUT2D eigenvalue weighted by molar-refractivity contribution is 0.228. The maximum Gasteiger partial charge on any atom is 0.101 e. The first-order chi connectivity index (χ1) is 5.60. The Morgan fingerprint density at radius 3 is 1.50 bits per heavy atom. The van der Waals surface area contributed by atoms with E-state index in [9.17, 15) is 4.39 Å². The molecule has 0 N–H and O–H groups in total. The number of alkyl halides is 1. The van der Waals surface area contributed by atoms with E-state index in [4.69, 9.17) is 0 Å². The van der Waals surface area contributed by atoms with E-state index in [0.29, 0.717) is 11.8 Å². The van der Waals surface area contributed by atoms with Gasteiger partial charge in [-0.2, -0.15) is 0 Å². The van der Waals surface area contributed by atoms with Crippen LogP contribution in [-0.4, -0.2) is 6.17 Å². The zero-order valence-corrected chi connectivity index (χ0v) is 8.94. The summed E-state index contributed by atoms with van der Waals surface area (Å²) in [5.41, 5.74) is 0. The van der Waals surface area contributed by atoms with Crippen LogP contribution in [0.15, 0.2) is 0 Å². The Kier molecular flexibility index (Phi) is 6.41. The molecule has 1 heteroatoms. The van der Waals surface area contributed by atoms with E-state index < -0.39 is 6.17 Å². The van der Waals surface area contributed by atoms with Gasteiger partial charge in [-0.1, -0.05) is 40.5 Å². The molecule has 0 heterocycles. The Labute approximate surface area is 76.6 Å². The Balaban J connectivity index is 3.51. The van der Waals surface area contributed by atoms with Crippen molar-refractivity contribution in [2.24, 2.45) is 11.8 Å². The molecule has 0 aromatic heterocycles. The Morgan fingerprint density at radius 2 is 1.25 bits per heavy atom. The summed E-state index contributed by atoms with van der Waals surface area (Å²) in [6, 6.07) is 0. The molecule has 0 rings (SSSR count). The van der Waals surface area contributed by atoms with Gasteiger partial charge < -0.3 is 0 Å². The maximum absolute atomic E-state index is 13.3. The predicted octanol–water partition coefficient (Wildman–Crippen LogP) is 4.20. The van der Waals surface area contributed by atoms with Crippen molar-refractivity contribution in [3.8, 4) is 0 Å². The largest absolute Gasteiger partial charge is 0.247 e. The second-order valence-electron chi connectivity index (χ2n) is 4.10. The lowest BCUT2D eigenvalue weighted by Gasteiger charge is -2.15. The summed E-state index contributed by atoms with van der Waals surface area (Å²) in [7, 11) is 0. The van der Waals surface area contributed by atoms with Gasteiger partial charge in [0.1, 0.15) is 6.17 Å². The first kappa shape index (κ1) is 11.9. The summed E-state index contributed by atoms with van der Waals surface area (Å²) in [6.45, 7) is 8.51. The molecule has 2 unspecified atom stereocenters. The molecule has 0 amide bonds. The number of hydrogen-bond donors (Lipinski definition) is 0. The molecule has 0 aromatic carbocycles. The first-order valence-electron chi connectivity index (χ1n) is 5.24. The lowest BCUT2D eigenvalue weighted by atomic mass is 9.94. The summed E-state index contributed by atoms with van der Waals surface area (Å²) >= 11 is 0. The maximum atomic E-state index is 13.3. The molecule has 0 nitrogen and oxygen atoms in total. The number of rotatable bonds is 6. The second kappa shape index (κ2) is 6.45. The van der Waals surface area contributed by atoms with E-state index in [1.54, 1.807) is 0 Å². The highest BCUT2D eigenvalue weighted by Crippen LogP contribution is 2.19.